The van der Waals surface area contributed by atoms with Gasteiger partial charge in [0.15, 0.2) is 6.29 Å². The number of hydrogen-bond acceptors (Lipinski definition) is 5. The third-order valence-electron chi connectivity index (χ3n) is 1.82. The van der Waals surface area contributed by atoms with Gasteiger partial charge < -0.3 is 25.2 Å². The van der Waals surface area contributed by atoms with Crippen molar-refractivity contribution in [3.05, 3.63) is 0 Å². The Morgan fingerprint density at radius 1 is 1.17 bits per heavy atom. The molecule has 4 N–H and O–H groups in total. The van der Waals surface area contributed by atoms with E-state index in [0.717, 1.165) is 0 Å². The molecule has 0 radical (unpaired) electrons. The highest BCUT2D eigenvalue weighted by molar-refractivity contribution is 6.21. The van der Waals surface area contributed by atoms with Crippen LogP contribution in [0, 0.1) is 0 Å². The lowest BCUT2D eigenvalue weighted by molar-refractivity contribution is -0.249. The lowest BCUT2D eigenvalue weighted by atomic mass is 10.0. The molecule has 1 aliphatic heterocycles. The van der Waals surface area contributed by atoms with E-state index in [1.807, 2.05) is 0 Å². The van der Waals surface area contributed by atoms with Crippen LogP contribution < -0.4 is 0 Å². The monoisotopic (exact) mass is 198 g/mol. The van der Waals surface area contributed by atoms with Crippen LogP contribution in [-0.2, 0) is 4.74 Å². The largest absolute Gasteiger partial charge is 0.394 e. The minimum Gasteiger partial charge on any atom is -0.394 e. The molecule has 0 saturated carbocycles. The summed E-state index contributed by atoms with van der Waals surface area (Å²) in [4.78, 5) is 0. The molecule has 1 aliphatic rings. The molecule has 5 nitrogen and oxygen atoms in total. The van der Waals surface area contributed by atoms with Gasteiger partial charge in [-0.2, -0.15) is 0 Å². The summed E-state index contributed by atoms with van der Waals surface area (Å²) in [6.07, 6.45) is -5.05. The molecule has 72 valence electrons. The number of ether oxygens (including phenoxy) is 1. The van der Waals surface area contributed by atoms with E-state index in [-0.39, 0.29) is 0 Å². The predicted molar refractivity (Wildman–Crippen MR) is 39.6 cm³/mol. The van der Waals surface area contributed by atoms with Gasteiger partial charge in [0.25, 0.3) is 0 Å². The number of aliphatic hydroxyl groups excluding tert-OH is 4. The van der Waals surface area contributed by atoms with Crippen molar-refractivity contribution < 1.29 is 25.2 Å². The average molecular weight is 199 g/mol. The Bertz CT molecular complexity index is 150. The SMILES string of the molecule is OC[C@H]1O[C@@H](O)[C@H](O)[C@@H](O)[C@H]1Cl. The first-order valence-electron chi connectivity index (χ1n) is 3.52. The van der Waals surface area contributed by atoms with Gasteiger partial charge in [-0.1, -0.05) is 0 Å². The second-order valence-corrected chi connectivity index (χ2v) is 3.18. The van der Waals surface area contributed by atoms with Crippen LogP contribution >= 0.6 is 11.6 Å². The van der Waals surface area contributed by atoms with Crippen molar-refractivity contribution >= 4 is 11.6 Å². The van der Waals surface area contributed by atoms with Crippen molar-refractivity contribution in [3.8, 4) is 0 Å². The molecular formula is C6H11ClO5. The molecule has 5 atom stereocenters. The van der Waals surface area contributed by atoms with Crippen LogP contribution in [0.15, 0.2) is 0 Å². The number of alkyl halides is 1. The summed E-state index contributed by atoms with van der Waals surface area (Å²) in [5, 5.41) is 35.0. The lowest BCUT2D eigenvalue weighted by Crippen LogP contribution is -2.56. The average Bonchev–Trinajstić information content (AvgIpc) is 2.08. The molecule has 0 aromatic carbocycles. The fraction of sp³-hybridized carbons (Fsp3) is 1.00. The Morgan fingerprint density at radius 3 is 2.25 bits per heavy atom. The molecule has 1 fully saturated rings. The van der Waals surface area contributed by atoms with Gasteiger partial charge in [-0.05, 0) is 0 Å². The molecule has 0 aromatic rings. The summed E-state index contributed by atoms with van der Waals surface area (Å²) in [6, 6.07) is 0. The summed E-state index contributed by atoms with van der Waals surface area (Å²) in [5.41, 5.74) is 0. The highest BCUT2D eigenvalue weighted by Gasteiger charge is 2.42. The minimum atomic E-state index is -1.49. The van der Waals surface area contributed by atoms with Crippen molar-refractivity contribution in [2.75, 3.05) is 6.61 Å². The van der Waals surface area contributed by atoms with Crippen molar-refractivity contribution in [3.63, 3.8) is 0 Å². The standard InChI is InChI=1S/C6H11ClO5/c7-3-2(1-8)12-6(11)5(10)4(3)9/h2-6,8-11H,1H2/t2-,3+,4+,5-,6-/m1/s1. The molecule has 6 heteroatoms. The van der Waals surface area contributed by atoms with E-state index < -0.39 is 36.6 Å². The van der Waals surface area contributed by atoms with Crippen LogP contribution in [0.4, 0.5) is 0 Å². The number of aliphatic hydroxyl groups is 4. The fourth-order valence-corrected chi connectivity index (χ4v) is 1.34. The molecule has 0 aromatic heterocycles. The van der Waals surface area contributed by atoms with Gasteiger partial charge in [0.1, 0.15) is 18.3 Å². The fourth-order valence-electron chi connectivity index (χ4n) is 1.06. The van der Waals surface area contributed by atoms with Crippen molar-refractivity contribution in [1.29, 1.82) is 0 Å². The van der Waals surface area contributed by atoms with Gasteiger partial charge in [-0.25, -0.2) is 0 Å². The summed E-state index contributed by atoms with van der Waals surface area (Å²) in [7, 11) is 0. The van der Waals surface area contributed by atoms with Gasteiger partial charge in [-0.3, -0.25) is 0 Å². The van der Waals surface area contributed by atoms with Crippen molar-refractivity contribution in [2.24, 2.45) is 0 Å². The molecule has 0 spiro atoms. The number of hydrogen-bond donors (Lipinski definition) is 4. The van der Waals surface area contributed by atoms with Crippen molar-refractivity contribution in [1.82, 2.24) is 0 Å². The Balaban J connectivity index is 2.63. The molecule has 1 saturated heterocycles. The zero-order chi connectivity index (χ0) is 9.30. The van der Waals surface area contributed by atoms with Gasteiger partial charge in [-0.15, -0.1) is 11.6 Å². The smallest absolute Gasteiger partial charge is 0.183 e. The maximum absolute atomic E-state index is 9.19. The Labute approximate surface area is 74.2 Å². The summed E-state index contributed by atoms with van der Waals surface area (Å²) < 4.78 is 4.69. The number of halogens is 1. The molecular weight excluding hydrogens is 188 g/mol. The van der Waals surface area contributed by atoms with Crippen LogP contribution in [0.3, 0.4) is 0 Å². The van der Waals surface area contributed by atoms with E-state index in [1.54, 1.807) is 0 Å². The predicted octanol–water partition coefficient (Wildman–Crippen LogP) is -1.97. The minimum absolute atomic E-state index is 0.408. The van der Waals surface area contributed by atoms with Crippen LogP contribution in [-0.4, -0.2) is 57.0 Å². The molecule has 0 amide bonds. The second kappa shape index (κ2) is 3.87. The quantitative estimate of drug-likeness (QED) is 0.367. The Morgan fingerprint density at radius 2 is 1.75 bits per heavy atom. The molecule has 0 unspecified atom stereocenters. The Hall–Kier alpha value is 0.0900. The maximum atomic E-state index is 9.19. The van der Waals surface area contributed by atoms with Gasteiger partial charge in [0, 0.05) is 0 Å². The van der Waals surface area contributed by atoms with Crippen molar-refractivity contribution in [2.45, 2.75) is 30.0 Å². The first-order chi connectivity index (χ1) is 5.57. The molecule has 12 heavy (non-hydrogen) atoms. The van der Waals surface area contributed by atoms with Gasteiger partial charge in [0.2, 0.25) is 0 Å². The highest BCUT2D eigenvalue weighted by Crippen LogP contribution is 2.23. The Kier molecular flexibility index (Phi) is 3.28. The van der Waals surface area contributed by atoms with E-state index in [1.165, 1.54) is 0 Å². The molecule has 0 aliphatic carbocycles. The van der Waals surface area contributed by atoms with Crippen LogP contribution in [0.2, 0.25) is 0 Å². The first-order valence-corrected chi connectivity index (χ1v) is 3.96. The molecule has 0 bridgehead atoms. The van der Waals surface area contributed by atoms with Gasteiger partial charge >= 0.3 is 0 Å². The summed E-state index contributed by atoms with van der Waals surface area (Å²) in [6.45, 7) is -0.408. The zero-order valence-corrected chi connectivity index (χ0v) is 6.92. The van der Waals surface area contributed by atoms with Crippen LogP contribution in [0.1, 0.15) is 0 Å². The molecule has 1 rings (SSSR count). The first kappa shape index (κ1) is 10.2. The maximum Gasteiger partial charge on any atom is 0.183 e. The van der Waals surface area contributed by atoms with E-state index in [9.17, 15) is 5.11 Å². The summed E-state index contributed by atoms with van der Waals surface area (Å²) in [5.74, 6) is 0. The topological polar surface area (TPSA) is 90.2 Å². The van der Waals surface area contributed by atoms with Crippen LogP contribution in [0.5, 0.6) is 0 Å². The van der Waals surface area contributed by atoms with Crippen LogP contribution in [0.25, 0.3) is 0 Å². The summed E-state index contributed by atoms with van der Waals surface area (Å²) >= 11 is 5.59. The third kappa shape index (κ3) is 1.71. The molecule has 1 heterocycles. The zero-order valence-electron chi connectivity index (χ0n) is 6.17. The van der Waals surface area contributed by atoms with E-state index in [2.05, 4.69) is 0 Å². The second-order valence-electron chi connectivity index (χ2n) is 2.67. The number of rotatable bonds is 1. The van der Waals surface area contributed by atoms with Gasteiger partial charge in [0.05, 0.1) is 12.0 Å². The normalized spacial score (nSPS) is 49.2. The van der Waals surface area contributed by atoms with E-state index >= 15 is 0 Å². The van der Waals surface area contributed by atoms with E-state index in [4.69, 9.17) is 31.7 Å². The highest BCUT2D eigenvalue weighted by atomic mass is 35.5. The lowest BCUT2D eigenvalue weighted by Gasteiger charge is -2.37. The third-order valence-corrected chi connectivity index (χ3v) is 2.36. The van der Waals surface area contributed by atoms with E-state index in [0.29, 0.717) is 0 Å².